The maximum atomic E-state index is 13.1. The highest BCUT2D eigenvalue weighted by Gasteiger charge is 2.36. The third kappa shape index (κ3) is 5.15. The van der Waals surface area contributed by atoms with E-state index in [0.29, 0.717) is 0 Å². The van der Waals surface area contributed by atoms with Gasteiger partial charge in [0.25, 0.3) is 5.91 Å². The number of H-pyrrole nitrogens is 1. The molecule has 0 radical (unpaired) electrons. The molecule has 2 heterocycles. The molecule has 2 aromatic rings. The number of imidazole rings is 1. The van der Waals surface area contributed by atoms with Crippen molar-refractivity contribution in [1.82, 2.24) is 20.6 Å². The second kappa shape index (κ2) is 8.13. The molecule has 10 nitrogen and oxygen atoms in total. The van der Waals surface area contributed by atoms with Crippen LogP contribution >= 0.6 is 0 Å². The van der Waals surface area contributed by atoms with Crippen LogP contribution in [0.5, 0.6) is 0 Å². The van der Waals surface area contributed by atoms with Crippen molar-refractivity contribution in [1.29, 1.82) is 0 Å². The van der Waals surface area contributed by atoms with Crippen LogP contribution in [0.4, 0.5) is 23.7 Å². The highest BCUT2D eigenvalue weighted by molar-refractivity contribution is 6.13. The number of aromatic nitrogens is 2. The molecule has 3 rings (SSSR count). The molecule has 1 aliphatic heterocycles. The van der Waals surface area contributed by atoms with Crippen molar-refractivity contribution in [3.63, 3.8) is 0 Å². The third-order valence-electron chi connectivity index (χ3n) is 4.33. The number of benzene rings is 1. The van der Waals surface area contributed by atoms with Gasteiger partial charge in [0.1, 0.15) is 17.2 Å². The van der Waals surface area contributed by atoms with Crippen molar-refractivity contribution < 1.29 is 37.1 Å². The Morgan fingerprint density at radius 1 is 1.19 bits per heavy atom. The van der Waals surface area contributed by atoms with Crippen LogP contribution in [0.15, 0.2) is 12.1 Å². The van der Waals surface area contributed by atoms with Crippen LogP contribution in [0, 0.1) is 0 Å². The molecular formula is C19H20F3N5O5. The minimum atomic E-state index is -4.81. The first-order valence-electron chi connectivity index (χ1n) is 9.49. The number of alkyl halides is 3. The fourth-order valence-corrected chi connectivity index (χ4v) is 3.02. The number of anilines is 1. The van der Waals surface area contributed by atoms with Gasteiger partial charge in [-0.15, -0.1) is 0 Å². The van der Waals surface area contributed by atoms with Gasteiger partial charge in [-0.2, -0.15) is 13.2 Å². The second-order valence-corrected chi connectivity index (χ2v) is 8.07. The molecule has 0 spiro atoms. The Bertz CT molecular complexity index is 1100. The number of halogens is 3. The minimum Gasteiger partial charge on any atom is -0.444 e. The number of nitrogens with one attached hydrogen (secondary N) is 4. The van der Waals surface area contributed by atoms with Crippen LogP contribution in [-0.2, 0) is 20.5 Å². The lowest BCUT2D eigenvalue weighted by Gasteiger charge is -2.23. The van der Waals surface area contributed by atoms with Crippen LogP contribution in [0.3, 0.4) is 0 Å². The van der Waals surface area contributed by atoms with Gasteiger partial charge in [0.15, 0.2) is 0 Å². The highest BCUT2D eigenvalue weighted by Crippen LogP contribution is 2.32. The predicted molar refractivity (Wildman–Crippen MR) is 105 cm³/mol. The van der Waals surface area contributed by atoms with Crippen molar-refractivity contribution >= 4 is 40.5 Å². The lowest BCUT2D eigenvalue weighted by atomic mass is 10.0. The zero-order valence-electron chi connectivity index (χ0n) is 17.3. The molecule has 13 heteroatoms. The summed E-state index contributed by atoms with van der Waals surface area (Å²) >= 11 is 0. The summed E-state index contributed by atoms with van der Waals surface area (Å²) in [7, 11) is 0. The van der Waals surface area contributed by atoms with Gasteiger partial charge in [-0.3, -0.25) is 25.0 Å². The summed E-state index contributed by atoms with van der Waals surface area (Å²) in [5, 5.41) is 6.78. The van der Waals surface area contributed by atoms with Gasteiger partial charge >= 0.3 is 12.3 Å². The Balaban J connectivity index is 2.01. The molecule has 0 aliphatic carbocycles. The zero-order valence-corrected chi connectivity index (χ0v) is 17.3. The van der Waals surface area contributed by atoms with E-state index in [1.54, 1.807) is 20.8 Å². The number of carbonyl (C=O) groups excluding carboxylic acids is 4. The molecule has 1 fully saturated rings. The number of amides is 4. The van der Waals surface area contributed by atoms with Crippen LogP contribution in [0.1, 0.15) is 49.8 Å². The topological polar surface area (TPSA) is 142 Å². The lowest BCUT2D eigenvalue weighted by Crippen LogP contribution is -2.52. The number of ether oxygens (including phenoxy) is 1. The fourth-order valence-electron chi connectivity index (χ4n) is 3.02. The zero-order chi connectivity index (χ0) is 23.8. The van der Waals surface area contributed by atoms with E-state index >= 15 is 0 Å². The number of hydrogen-bond donors (Lipinski definition) is 4. The molecule has 1 aromatic heterocycles. The number of fused-ring (bicyclic) bond motifs is 1. The van der Waals surface area contributed by atoms with E-state index in [1.165, 1.54) is 12.1 Å². The molecule has 172 valence electrons. The molecule has 0 saturated carbocycles. The van der Waals surface area contributed by atoms with Gasteiger partial charge in [0.2, 0.25) is 17.6 Å². The molecule has 0 bridgehead atoms. The van der Waals surface area contributed by atoms with E-state index in [2.05, 4.69) is 25.9 Å². The standard InChI is InChI=1S/C19H20F3N5O5/c1-18(2,3)32-17(31)25-8-4-5-9-13(27-16(24-9)19(20,21)22)12(8)15(30)23-10-6-7-11(28)26-14(10)29/h4-5,10H,6-7H2,1-3H3,(H,23,30)(H,24,27)(H,25,31)(H,26,28,29). The first kappa shape index (κ1) is 23.0. The van der Waals surface area contributed by atoms with Crippen LogP contribution in [0.2, 0.25) is 0 Å². The van der Waals surface area contributed by atoms with Crippen molar-refractivity contribution in [2.45, 2.75) is 51.4 Å². The normalized spacial score (nSPS) is 17.1. The molecular weight excluding hydrogens is 435 g/mol. The van der Waals surface area contributed by atoms with Crippen molar-refractivity contribution in [3.05, 3.63) is 23.5 Å². The molecule has 1 unspecified atom stereocenters. The van der Waals surface area contributed by atoms with Crippen LogP contribution in [0.25, 0.3) is 11.0 Å². The summed E-state index contributed by atoms with van der Waals surface area (Å²) < 4.78 is 44.6. The largest absolute Gasteiger partial charge is 0.449 e. The van der Waals surface area contributed by atoms with E-state index in [4.69, 9.17) is 4.74 Å². The number of rotatable bonds is 3. The molecule has 1 saturated heterocycles. The maximum Gasteiger partial charge on any atom is 0.449 e. The number of piperidine rings is 1. The van der Waals surface area contributed by atoms with Gasteiger partial charge in [-0.05, 0) is 39.3 Å². The quantitative estimate of drug-likeness (QED) is 0.524. The summed E-state index contributed by atoms with van der Waals surface area (Å²) in [6.07, 6.45) is -5.77. The Morgan fingerprint density at radius 2 is 1.88 bits per heavy atom. The van der Waals surface area contributed by atoms with Gasteiger partial charge in [-0.1, -0.05) is 0 Å². The average molecular weight is 455 g/mol. The SMILES string of the molecule is CC(C)(C)OC(=O)Nc1ccc2[nH]c(C(F)(F)F)nc2c1C(=O)NC1CCC(=O)NC1=O. The van der Waals surface area contributed by atoms with E-state index in [1.807, 2.05) is 0 Å². The first-order valence-corrected chi connectivity index (χ1v) is 9.49. The van der Waals surface area contributed by atoms with Gasteiger partial charge < -0.3 is 15.0 Å². The second-order valence-electron chi connectivity index (χ2n) is 8.07. The van der Waals surface area contributed by atoms with Gasteiger partial charge in [-0.25, -0.2) is 9.78 Å². The first-order chi connectivity index (χ1) is 14.7. The smallest absolute Gasteiger partial charge is 0.444 e. The Hall–Kier alpha value is -3.64. The van der Waals surface area contributed by atoms with Crippen molar-refractivity contribution in [3.8, 4) is 0 Å². The molecule has 1 aromatic carbocycles. The number of imide groups is 1. The van der Waals surface area contributed by atoms with Crippen molar-refractivity contribution in [2.24, 2.45) is 0 Å². The summed E-state index contributed by atoms with van der Waals surface area (Å²) in [5.41, 5.74) is -1.92. The number of hydrogen-bond acceptors (Lipinski definition) is 6. The van der Waals surface area contributed by atoms with E-state index < -0.39 is 53.0 Å². The highest BCUT2D eigenvalue weighted by atomic mass is 19.4. The molecule has 4 amide bonds. The van der Waals surface area contributed by atoms with E-state index in [0.717, 1.165) is 0 Å². The number of aromatic amines is 1. The summed E-state index contributed by atoms with van der Waals surface area (Å²) in [6, 6.07) is 1.34. The molecule has 1 aliphatic rings. The Kier molecular flexibility index (Phi) is 5.85. The molecule has 4 N–H and O–H groups in total. The van der Waals surface area contributed by atoms with Crippen molar-refractivity contribution in [2.75, 3.05) is 5.32 Å². The maximum absolute atomic E-state index is 13.1. The Morgan fingerprint density at radius 3 is 2.47 bits per heavy atom. The van der Waals surface area contributed by atoms with Crippen LogP contribution in [-0.4, -0.2) is 45.4 Å². The fraction of sp³-hybridized carbons (Fsp3) is 0.421. The lowest BCUT2D eigenvalue weighted by molar-refractivity contribution is -0.144. The van der Waals surface area contributed by atoms with Gasteiger partial charge in [0, 0.05) is 6.42 Å². The van der Waals surface area contributed by atoms with E-state index in [-0.39, 0.29) is 29.6 Å². The average Bonchev–Trinajstić information content (AvgIpc) is 3.06. The summed E-state index contributed by atoms with van der Waals surface area (Å²) in [4.78, 5) is 54.1. The Labute approximate surface area is 179 Å². The summed E-state index contributed by atoms with van der Waals surface area (Å²) in [6.45, 7) is 4.82. The minimum absolute atomic E-state index is 0.00950. The summed E-state index contributed by atoms with van der Waals surface area (Å²) in [5.74, 6) is -3.55. The number of nitrogens with zero attached hydrogens (tertiary/aromatic N) is 1. The van der Waals surface area contributed by atoms with E-state index in [9.17, 15) is 32.3 Å². The third-order valence-corrected chi connectivity index (χ3v) is 4.33. The molecule has 32 heavy (non-hydrogen) atoms. The predicted octanol–water partition coefficient (Wildman–Crippen LogP) is 2.46. The van der Waals surface area contributed by atoms with Gasteiger partial charge in [0.05, 0.1) is 16.8 Å². The molecule has 1 atom stereocenters. The van der Waals surface area contributed by atoms with Crippen LogP contribution < -0.4 is 16.0 Å². The monoisotopic (exact) mass is 455 g/mol. The number of carbonyl (C=O) groups is 4.